The predicted molar refractivity (Wildman–Crippen MR) is 63.4 cm³/mol. The normalized spacial score (nSPS) is 12.2. The Hall–Kier alpha value is -1.94. The smallest absolute Gasteiger partial charge is 0.171 e. The standard InChI is InChI=1S/C14H12F2O2/c1-18-12-7-3-6-11(13(12)16)14(17)9-4-2-5-10(15)8-9/h2-8,14,17H,1H3. The monoisotopic (exact) mass is 250 g/mol. The highest BCUT2D eigenvalue weighted by molar-refractivity contribution is 5.37. The van der Waals surface area contributed by atoms with Crippen molar-refractivity contribution in [1.29, 1.82) is 0 Å². The molecule has 1 N–H and O–H groups in total. The first kappa shape index (κ1) is 12.5. The number of halogens is 2. The van der Waals surface area contributed by atoms with Gasteiger partial charge >= 0.3 is 0 Å². The molecule has 0 fully saturated rings. The zero-order valence-electron chi connectivity index (χ0n) is 9.73. The number of methoxy groups -OCH3 is 1. The van der Waals surface area contributed by atoms with Crippen molar-refractivity contribution in [3.63, 3.8) is 0 Å². The Bertz CT molecular complexity index is 555. The summed E-state index contributed by atoms with van der Waals surface area (Å²) in [6, 6.07) is 9.89. The van der Waals surface area contributed by atoms with E-state index in [9.17, 15) is 13.9 Å². The van der Waals surface area contributed by atoms with Gasteiger partial charge in [0, 0.05) is 5.56 Å². The van der Waals surface area contributed by atoms with Gasteiger partial charge in [0.2, 0.25) is 0 Å². The molecule has 2 aromatic carbocycles. The fourth-order valence-electron chi connectivity index (χ4n) is 1.75. The first-order chi connectivity index (χ1) is 8.63. The number of hydrogen-bond donors (Lipinski definition) is 1. The van der Waals surface area contributed by atoms with Crippen LogP contribution in [0.15, 0.2) is 42.5 Å². The summed E-state index contributed by atoms with van der Waals surface area (Å²) < 4.78 is 31.8. The Labute approximate surface area is 103 Å². The van der Waals surface area contributed by atoms with Crippen LogP contribution >= 0.6 is 0 Å². The molecule has 2 nitrogen and oxygen atoms in total. The van der Waals surface area contributed by atoms with E-state index in [4.69, 9.17) is 4.74 Å². The second-order valence-electron chi connectivity index (χ2n) is 3.82. The van der Waals surface area contributed by atoms with E-state index in [0.29, 0.717) is 5.56 Å². The molecule has 0 bridgehead atoms. The van der Waals surface area contributed by atoms with E-state index in [1.165, 1.54) is 43.5 Å². The summed E-state index contributed by atoms with van der Waals surface area (Å²) in [5, 5.41) is 10.1. The van der Waals surface area contributed by atoms with Crippen molar-refractivity contribution in [3.05, 3.63) is 65.2 Å². The van der Waals surface area contributed by atoms with Crippen molar-refractivity contribution >= 4 is 0 Å². The van der Waals surface area contributed by atoms with E-state index < -0.39 is 17.7 Å². The summed E-state index contributed by atoms with van der Waals surface area (Å²) in [6.07, 6.45) is -1.23. The maximum Gasteiger partial charge on any atom is 0.171 e. The van der Waals surface area contributed by atoms with Crippen LogP contribution in [0.3, 0.4) is 0 Å². The topological polar surface area (TPSA) is 29.5 Å². The van der Waals surface area contributed by atoms with Crippen LogP contribution in [0, 0.1) is 11.6 Å². The molecule has 18 heavy (non-hydrogen) atoms. The largest absolute Gasteiger partial charge is 0.494 e. The highest BCUT2D eigenvalue weighted by Crippen LogP contribution is 2.29. The fourth-order valence-corrected chi connectivity index (χ4v) is 1.75. The van der Waals surface area contributed by atoms with Gasteiger partial charge in [-0.3, -0.25) is 0 Å². The highest BCUT2D eigenvalue weighted by Gasteiger charge is 2.18. The van der Waals surface area contributed by atoms with Gasteiger partial charge in [-0.15, -0.1) is 0 Å². The van der Waals surface area contributed by atoms with Crippen molar-refractivity contribution in [2.24, 2.45) is 0 Å². The molecule has 0 saturated heterocycles. The van der Waals surface area contributed by atoms with E-state index in [2.05, 4.69) is 0 Å². The molecule has 0 amide bonds. The van der Waals surface area contributed by atoms with Gasteiger partial charge < -0.3 is 9.84 Å². The Morgan fingerprint density at radius 3 is 2.50 bits per heavy atom. The molecule has 0 aliphatic heterocycles. The zero-order valence-corrected chi connectivity index (χ0v) is 9.73. The number of aliphatic hydroxyl groups is 1. The number of hydrogen-bond acceptors (Lipinski definition) is 2. The molecule has 2 rings (SSSR count). The van der Waals surface area contributed by atoms with Gasteiger partial charge in [-0.1, -0.05) is 24.3 Å². The van der Waals surface area contributed by atoms with Crippen LogP contribution in [0.4, 0.5) is 8.78 Å². The second-order valence-corrected chi connectivity index (χ2v) is 3.82. The van der Waals surface area contributed by atoms with Crippen molar-refractivity contribution in [2.45, 2.75) is 6.10 Å². The Morgan fingerprint density at radius 1 is 1.11 bits per heavy atom. The summed E-state index contributed by atoms with van der Waals surface area (Å²) in [5.41, 5.74) is 0.349. The fraction of sp³-hybridized carbons (Fsp3) is 0.143. The maximum atomic E-state index is 13.9. The average Bonchev–Trinajstić information content (AvgIpc) is 2.38. The van der Waals surface area contributed by atoms with Gasteiger partial charge in [0.15, 0.2) is 11.6 Å². The Kier molecular flexibility index (Phi) is 3.58. The summed E-state index contributed by atoms with van der Waals surface area (Å²) >= 11 is 0. The van der Waals surface area contributed by atoms with Crippen LogP contribution in [0.1, 0.15) is 17.2 Å². The minimum absolute atomic E-state index is 0.0444. The van der Waals surface area contributed by atoms with Gasteiger partial charge in [-0.25, -0.2) is 8.78 Å². The van der Waals surface area contributed by atoms with Gasteiger partial charge in [0.25, 0.3) is 0 Å². The molecule has 4 heteroatoms. The average molecular weight is 250 g/mol. The SMILES string of the molecule is COc1cccc(C(O)c2cccc(F)c2)c1F. The summed E-state index contributed by atoms with van der Waals surface area (Å²) in [6.45, 7) is 0. The molecular weight excluding hydrogens is 238 g/mol. The van der Waals surface area contributed by atoms with Crippen LogP contribution in [-0.4, -0.2) is 12.2 Å². The quantitative estimate of drug-likeness (QED) is 0.907. The molecular formula is C14H12F2O2. The first-order valence-corrected chi connectivity index (χ1v) is 5.39. The summed E-state index contributed by atoms with van der Waals surface area (Å²) in [4.78, 5) is 0. The molecule has 0 aromatic heterocycles. The van der Waals surface area contributed by atoms with Gasteiger partial charge in [-0.2, -0.15) is 0 Å². The molecule has 1 atom stereocenters. The van der Waals surface area contributed by atoms with Crippen LogP contribution in [-0.2, 0) is 0 Å². The van der Waals surface area contributed by atoms with Crippen LogP contribution in [0.5, 0.6) is 5.75 Å². The molecule has 0 aliphatic rings. The molecule has 0 heterocycles. The molecule has 2 aromatic rings. The van der Waals surface area contributed by atoms with E-state index >= 15 is 0 Å². The lowest BCUT2D eigenvalue weighted by molar-refractivity contribution is 0.213. The lowest BCUT2D eigenvalue weighted by Crippen LogP contribution is -2.04. The highest BCUT2D eigenvalue weighted by atomic mass is 19.1. The van der Waals surface area contributed by atoms with Crippen molar-refractivity contribution in [1.82, 2.24) is 0 Å². The number of benzene rings is 2. The first-order valence-electron chi connectivity index (χ1n) is 5.39. The Balaban J connectivity index is 2.43. The molecule has 1 unspecified atom stereocenters. The van der Waals surface area contributed by atoms with Crippen molar-refractivity contribution < 1.29 is 18.6 Å². The maximum absolute atomic E-state index is 13.9. The van der Waals surface area contributed by atoms with Gasteiger partial charge in [0.05, 0.1) is 7.11 Å². The Morgan fingerprint density at radius 2 is 1.83 bits per heavy atom. The van der Waals surface area contributed by atoms with Crippen LogP contribution in [0.25, 0.3) is 0 Å². The van der Waals surface area contributed by atoms with Crippen molar-refractivity contribution in [2.75, 3.05) is 7.11 Å². The van der Waals surface area contributed by atoms with E-state index in [1.807, 2.05) is 0 Å². The van der Waals surface area contributed by atoms with E-state index in [1.54, 1.807) is 6.07 Å². The molecule has 94 valence electrons. The van der Waals surface area contributed by atoms with E-state index in [0.717, 1.165) is 0 Å². The number of aliphatic hydroxyl groups excluding tert-OH is 1. The van der Waals surface area contributed by atoms with E-state index in [-0.39, 0.29) is 11.3 Å². The third-order valence-corrected chi connectivity index (χ3v) is 2.67. The van der Waals surface area contributed by atoms with Gasteiger partial charge in [0.1, 0.15) is 11.9 Å². The number of ether oxygens (including phenoxy) is 1. The summed E-state index contributed by atoms with van der Waals surface area (Å²) in [5.74, 6) is -1.07. The van der Waals surface area contributed by atoms with Gasteiger partial charge in [-0.05, 0) is 23.8 Å². The lowest BCUT2D eigenvalue weighted by atomic mass is 10.0. The lowest BCUT2D eigenvalue weighted by Gasteiger charge is -2.14. The molecule has 0 spiro atoms. The second kappa shape index (κ2) is 5.14. The van der Waals surface area contributed by atoms with Crippen molar-refractivity contribution in [3.8, 4) is 5.75 Å². The predicted octanol–water partition coefficient (Wildman–Crippen LogP) is 3.06. The van der Waals surface area contributed by atoms with Crippen LogP contribution < -0.4 is 4.74 Å². The number of rotatable bonds is 3. The summed E-state index contributed by atoms with van der Waals surface area (Å²) in [7, 11) is 1.34. The molecule has 0 aliphatic carbocycles. The van der Waals surface area contributed by atoms with Crippen LogP contribution in [0.2, 0.25) is 0 Å². The zero-order chi connectivity index (χ0) is 13.1. The minimum Gasteiger partial charge on any atom is -0.494 e. The minimum atomic E-state index is -1.23. The molecule has 0 saturated carbocycles. The third-order valence-electron chi connectivity index (χ3n) is 2.67. The third kappa shape index (κ3) is 2.33. The molecule has 0 radical (unpaired) electrons.